The SMILES string of the molecule is CC(CNC(=O)c1csc(-c2ccc(Cl)cc2)n1)N1CCOCC1. The smallest absolute Gasteiger partial charge is 0.270 e. The lowest BCUT2D eigenvalue weighted by atomic mass is 10.2. The molecule has 2 aromatic rings. The molecule has 1 N–H and O–H groups in total. The molecule has 1 aromatic carbocycles. The lowest BCUT2D eigenvalue weighted by Crippen LogP contribution is -2.47. The van der Waals surface area contributed by atoms with Gasteiger partial charge in [-0.3, -0.25) is 9.69 Å². The summed E-state index contributed by atoms with van der Waals surface area (Å²) in [5.74, 6) is -0.133. The van der Waals surface area contributed by atoms with Crippen molar-refractivity contribution >= 4 is 28.8 Å². The van der Waals surface area contributed by atoms with E-state index in [0.29, 0.717) is 17.3 Å². The largest absolute Gasteiger partial charge is 0.379 e. The van der Waals surface area contributed by atoms with Crippen molar-refractivity contribution < 1.29 is 9.53 Å². The number of nitrogens with zero attached hydrogens (tertiary/aromatic N) is 2. The number of hydrogen-bond donors (Lipinski definition) is 1. The van der Waals surface area contributed by atoms with Crippen molar-refractivity contribution in [1.29, 1.82) is 0 Å². The van der Waals surface area contributed by atoms with Crippen LogP contribution in [0.25, 0.3) is 10.6 Å². The lowest BCUT2D eigenvalue weighted by molar-refractivity contribution is 0.0204. The maximum absolute atomic E-state index is 12.3. The number of carbonyl (C=O) groups is 1. The molecule has 1 unspecified atom stereocenters. The minimum absolute atomic E-state index is 0.133. The minimum atomic E-state index is -0.133. The quantitative estimate of drug-likeness (QED) is 0.885. The van der Waals surface area contributed by atoms with Crippen molar-refractivity contribution in [3.05, 3.63) is 40.4 Å². The van der Waals surface area contributed by atoms with E-state index in [1.54, 1.807) is 5.38 Å². The Morgan fingerprint density at radius 1 is 1.38 bits per heavy atom. The number of nitrogens with one attached hydrogen (secondary N) is 1. The highest BCUT2D eigenvalue weighted by Gasteiger charge is 2.18. The third-order valence-electron chi connectivity index (χ3n) is 4.06. The molecule has 0 radical (unpaired) electrons. The number of amides is 1. The summed E-state index contributed by atoms with van der Waals surface area (Å²) in [7, 11) is 0. The van der Waals surface area contributed by atoms with Gasteiger partial charge in [-0.25, -0.2) is 4.98 Å². The molecule has 0 bridgehead atoms. The van der Waals surface area contributed by atoms with E-state index in [0.717, 1.165) is 36.9 Å². The van der Waals surface area contributed by atoms with Crippen LogP contribution in [0.2, 0.25) is 5.02 Å². The van der Waals surface area contributed by atoms with E-state index < -0.39 is 0 Å². The van der Waals surface area contributed by atoms with Crippen LogP contribution >= 0.6 is 22.9 Å². The maximum atomic E-state index is 12.3. The van der Waals surface area contributed by atoms with Crippen molar-refractivity contribution in [2.75, 3.05) is 32.8 Å². The first-order valence-electron chi connectivity index (χ1n) is 7.95. The highest BCUT2D eigenvalue weighted by Crippen LogP contribution is 2.25. The van der Waals surface area contributed by atoms with Crippen LogP contribution in [-0.4, -0.2) is 54.7 Å². The molecule has 0 spiro atoms. The zero-order chi connectivity index (χ0) is 16.9. The Morgan fingerprint density at radius 3 is 2.79 bits per heavy atom. The Kier molecular flexibility index (Phi) is 5.84. The second-order valence-electron chi connectivity index (χ2n) is 5.75. The molecule has 3 rings (SSSR count). The zero-order valence-corrected chi connectivity index (χ0v) is 15.1. The van der Waals surface area contributed by atoms with E-state index in [-0.39, 0.29) is 11.9 Å². The molecule has 5 nitrogen and oxygen atoms in total. The molecule has 128 valence electrons. The zero-order valence-electron chi connectivity index (χ0n) is 13.5. The normalized spacial score (nSPS) is 16.8. The molecule has 0 saturated carbocycles. The molecule has 1 fully saturated rings. The van der Waals surface area contributed by atoms with Gasteiger partial charge < -0.3 is 10.1 Å². The fourth-order valence-corrected chi connectivity index (χ4v) is 3.51. The van der Waals surface area contributed by atoms with Gasteiger partial charge in [0.2, 0.25) is 0 Å². The average Bonchev–Trinajstić information content (AvgIpc) is 3.11. The van der Waals surface area contributed by atoms with E-state index in [2.05, 4.69) is 22.1 Å². The predicted octanol–water partition coefficient (Wildman–Crippen LogP) is 2.91. The van der Waals surface area contributed by atoms with Gasteiger partial charge in [0, 0.05) is 41.6 Å². The summed E-state index contributed by atoms with van der Waals surface area (Å²) in [4.78, 5) is 19.1. The van der Waals surface area contributed by atoms with Crippen LogP contribution in [0.4, 0.5) is 0 Å². The third kappa shape index (κ3) is 4.33. The van der Waals surface area contributed by atoms with Crippen molar-refractivity contribution in [3.63, 3.8) is 0 Å². The monoisotopic (exact) mass is 365 g/mol. The van der Waals surface area contributed by atoms with Gasteiger partial charge in [0.15, 0.2) is 0 Å². The lowest BCUT2D eigenvalue weighted by Gasteiger charge is -2.32. The first kappa shape index (κ1) is 17.4. The highest BCUT2D eigenvalue weighted by molar-refractivity contribution is 7.13. The first-order chi connectivity index (χ1) is 11.6. The Balaban J connectivity index is 1.56. The van der Waals surface area contributed by atoms with Crippen LogP contribution in [0.3, 0.4) is 0 Å². The number of halogens is 1. The number of thiazole rings is 1. The molecule has 1 atom stereocenters. The molecular weight excluding hydrogens is 346 g/mol. The summed E-state index contributed by atoms with van der Waals surface area (Å²) in [6.07, 6.45) is 0. The Bertz CT molecular complexity index is 683. The fourth-order valence-electron chi connectivity index (χ4n) is 2.58. The van der Waals surface area contributed by atoms with Gasteiger partial charge in [0.05, 0.1) is 13.2 Å². The standard InChI is InChI=1S/C17H20ClN3O2S/c1-12(21-6-8-23-9-7-21)10-19-16(22)15-11-24-17(20-15)13-2-4-14(18)5-3-13/h2-5,11-12H,6-10H2,1H3,(H,19,22). The van der Waals surface area contributed by atoms with Crippen molar-refractivity contribution in [2.45, 2.75) is 13.0 Å². The predicted molar refractivity (Wildman–Crippen MR) is 96.7 cm³/mol. The van der Waals surface area contributed by atoms with E-state index in [9.17, 15) is 4.79 Å². The van der Waals surface area contributed by atoms with Gasteiger partial charge in [-0.2, -0.15) is 0 Å². The summed E-state index contributed by atoms with van der Waals surface area (Å²) in [5.41, 5.74) is 1.42. The number of morpholine rings is 1. The summed E-state index contributed by atoms with van der Waals surface area (Å²) in [5, 5.41) is 6.27. The van der Waals surface area contributed by atoms with E-state index >= 15 is 0 Å². The Morgan fingerprint density at radius 2 is 2.08 bits per heavy atom. The van der Waals surface area contributed by atoms with Crippen LogP contribution in [0.15, 0.2) is 29.6 Å². The number of aromatic nitrogens is 1. The van der Waals surface area contributed by atoms with Crippen LogP contribution in [0.5, 0.6) is 0 Å². The second kappa shape index (κ2) is 8.07. The van der Waals surface area contributed by atoms with Crippen molar-refractivity contribution in [2.24, 2.45) is 0 Å². The highest BCUT2D eigenvalue weighted by atomic mass is 35.5. The second-order valence-corrected chi connectivity index (χ2v) is 7.05. The molecule has 0 aliphatic carbocycles. The van der Waals surface area contributed by atoms with Crippen LogP contribution < -0.4 is 5.32 Å². The summed E-state index contributed by atoms with van der Waals surface area (Å²) >= 11 is 7.35. The summed E-state index contributed by atoms with van der Waals surface area (Å²) in [6.45, 7) is 6.06. The fraction of sp³-hybridized carbons (Fsp3) is 0.412. The molecule has 1 aliphatic rings. The molecule has 1 aliphatic heterocycles. The maximum Gasteiger partial charge on any atom is 0.270 e. The molecule has 1 aromatic heterocycles. The summed E-state index contributed by atoms with van der Waals surface area (Å²) in [6, 6.07) is 7.74. The third-order valence-corrected chi connectivity index (χ3v) is 5.20. The van der Waals surface area contributed by atoms with Gasteiger partial charge >= 0.3 is 0 Å². The van der Waals surface area contributed by atoms with Crippen LogP contribution in [-0.2, 0) is 4.74 Å². The number of rotatable bonds is 5. The van der Waals surface area contributed by atoms with Gasteiger partial charge in [-0.15, -0.1) is 11.3 Å². The molecule has 7 heteroatoms. The van der Waals surface area contributed by atoms with Crippen LogP contribution in [0, 0.1) is 0 Å². The first-order valence-corrected chi connectivity index (χ1v) is 9.20. The average molecular weight is 366 g/mol. The molecule has 1 saturated heterocycles. The van der Waals surface area contributed by atoms with E-state index in [4.69, 9.17) is 16.3 Å². The van der Waals surface area contributed by atoms with Crippen LogP contribution in [0.1, 0.15) is 17.4 Å². The molecule has 24 heavy (non-hydrogen) atoms. The van der Waals surface area contributed by atoms with Gasteiger partial charge in [0.25, 0.3) is 5.91 Å². The number of hydrogen-bond acceptors (Lipinski definition) is 5. The number of benzene rings is 1. The number of ether oxygens (including phenoxy) is 1. The van der Waals surface area contributed by atoms with E-state index in [1.807, 2.05) is 24.3 Å². The molecule has 1 amide bonds. The van der Waals surface area contributed by atoms with E-state index in [1.165, 1.54) is 11.3 Å². The van der Waals surface area contributed by atoms with Gasteiger partial charge in [-0.1, -0.05) is 23.7 Å². The Hall–Kier alpha value is -1.47. The van der Waals surface area contributed by atoms with Gasteiger partial charge in [0.1, 0.15) is 10.7 Å². The minimum Gasteiger partial charge on any atom is -0.379 e. The molecular formula is C17H20ClN3O2S. The van der Waals surface area contributed by atoms with Crippen molar-refractivity contribution in [3.8, 4) is 10.6 Å². The summed E-state index contributed by atoms with van der Waals surface area (Å²) < 4.78 is 5.35. The topological polar surface area (TPSA) is 54.5 Å². The van der Waals surface area contributed by atoms with Crippen molar-refractivity contribution in [1.82, 2.24) is 15.2 Å². The van der Waals surface area contributed by atoms with Gasteiger partial charge in [-0.05, 0) is 19.1 Å². The number of carbonyl (C=O) groups excluding carboxylic acids is 1. The Labute approximate surface area is 150 Å². The molecule has 2 heterocycles.